The third kappa shape index (κ3) is 3.82. The van der Waals surface area contributed by atoms with Crippen LogP contribution in [0.15, 0.2) is 18.2 Å². The Morgan fingerprint density at radius 3 is 2.75 bits per heavy atom. The first kappa shape index (κ1) is 12.4. The molecular weight excluding hydrogens is 200 g/mol. The molecule has 16 heavy (non-hydrogen) atoms. The Kier molecular flexibility index (Phi) is 5.21. The predicted octanol–water partition coefficient (Wildman–Crippen LogP) is 3.10. The van der Waals surface area contributed by atoms with Crippen LogP contribution in [0.4, 0.5) is 5.69 Å². The van der Waals surface area contributed by atoms with E-state index >= 15 is 0 Å². The van der Waals surface area contributed by atoms with Gasteiger partial charge < -0.3 is 10.5 Å². The lowest BCUT2D eigenvalue weighted by Crippen LogP contribution is -2.00. The summed E-state index contributed by atoms with van der Waals surface area (Å²) >= 11 is 0. The van der Waals surface area contributed by atoms with Crippen molar-refractivity contribution < 1.29 is 4.74 Å². The van der Waals surface area contributed by atoms with Gasteiger partial charge in [0.25, 0.3) is 0 Å². The predicted molar refractivity (Wildman–Crippen MR) is 65.2 cm³/mol. The van der Waals surface area contributed by atoms with Gasteiger partial charge in [-0.15, -0.1) is 0 Å². The molecule has 1 aromatic rings. The molecule has 3 nitrogen and oxygen atoms in total. The number of nitrogens with zero attached hydrogens (tertiary/aromatic N) is 1. The van der Waals surface area contributed by atoms with Crippen LogP contribution in [0.3, 0.4) is 0 Å². The summed E-state index contributed by atoms with van der Waals surface area (Å²) in [5.74, 6) is 0.676. The van der Waals surface area contributed by atoms with E-state index in [0.29, 0.717) is 23.6 Å². The molecule has 0 aliphatic rings. The Hall–Kier alpha value is -1.69. The molecule has 3 heteroatoms. The fourth-order valence-corrected chi connectivity index (χ4v) is 1.46. The maximum atomic E-state index is 8.68. The number of unbranched alkanes of at least 4 members (excludes halogenated alkanes) is 3. The largest absolute Gasteiger partial charge is 0.491 e. The number of hydrogen-bond acceptors (Lipinski definition) is 3. The van der Waals surface area contributed by atoms with Crippen LogP contribution in [0.2, 0.25) is 0 Å². The highest BCUT2D eigenvalue weighted by molar-refractivity contribution is 5.56. The highest BCUT2D eigenvalue weighted by atomic mass is 16.5. The molecule has 86 valence electrons. The summed E-state index contributed by atoms with van der Waals surface area (Å²) in [4.78, 5) is 0. The fourth-order valence-electron chi connectivity index (χ4n) is 1.46. The third-order valence-electron chi connectivity index (χ3n) is 2.39. The average molecular weight is 218 g/mol. The van der Waals surface area contributed by atoms with Gasteiger partial charge in [0.2, 0.25) is 0 Å². The number of nitrogens with two attached hydrogens (primary N) is 1. The van der Waals surface area contributed by atoms with Crippen LogP contribution in [0.25, 0.3) is 0 Å². The van der Waals surface area contributed by atoms with Crippen molar-refractivity contribution in [2.24, 2.45) is 0 Å². The van der Waals surface area contributed by atoms with Crippen molar-refractivity contribution in [1.82, 2.24) is 0 Å². The number of nitrogen functional groups attached to an aromatic ring is 1. The Balaban J connectivity index is 2.40. The Morgan fingerprint density at radius 2 is 2.12 bits per heavy atom. The molecule has 0 aliphatic heterocycles. The first-order chi connectivity index (χ1) is 7.77. The van der Waals surface area contributed by atoms with E-state index in [1.165, 1.54) is 19.3 Å². The molecule has 0 atom stereocenters. The van der Waals surface area contributed by atoms with Crippen LogP contribution in [0, 0.1) is 11.3 Å². The van der Waals surface area contributed by atoms with Crippen LogP contribution in [0.1, 0.15) is 38.2 Å². The summed E-state index contributed by atoms with van der Waals surface area (Å²) in [6.07, 6.45) is 4.70. The zero-order valence-corrected chi connectivity index (χ0v) is 9.70. The molecule has 0 aliphatic carbocycles. The summed E-state index contributed by atoms with van der Waals surface area (Å²) in [5.41, 5.74) is 6.86. The summed E-state index contributed by atoms with van der Waals surface area (Å²) in [5, 5.41) is 8.68. The average Bonchev–Trinajstić information content (AvgIpc) is 2.30. The molecule has 0 aromatic heterocycles. The lowest BCUT2D eigenvalue weighted by Gasteiger charge is -2.08. The quantitative estimate of drug-likeness (QED) is 0.589. The van der Waals surface area contributed by atoms with Crippen LogP contribution >= 0.6 is 0 Å². The number of nitriles is 1. The van der Waals surface area contributed by atoms with Gasteiger partial charge in [-0.3, -0.25) is 0 Å². The van der Waals surface area contributed by atoms with E-state index in [2.05, 4.69) is 6.92 Å². The smallest absolute Gasteiger partial charge is 0.142 e. The van der Waals surface area contributed by atoms with Gasteiger partial charge >= 0.3 is 0 Å². The first-order valence-corrected chi connectivity index (χ1v) is 5.70. The second-order valence-corrected chi connectivity index (χ2v) is 3.77. The maximum absolute atomic E-state index is 8.68. The van der Waals surface area contributed by atoms with Crippen LogP contribution in [0.5, 0.6) is 5.75 Å². The normalized spacial score (nSPS) is 9.75. The molecule has 0 bridgehead atoms. The Morgan fingerprint density at radius 1 is 1.31 bits per heavy atom. The van der Waals surface area contributed by atoms with Crippen molar-refractivity contribution in [3.8, 4) is 11.8 Å². The molecule has 0 unspecified atom stereocenters. The van der Waals surface area contributed by atoms with Crippen LogP contribution < -0.4 is 10.5 Å². The second kappa shape index (κ2) is 6.73. The minimum absolute atomic E-state index is 0.537. The van der Waals surface area contributed by atoms with E-state index in [4.69, 9.17) is 15.7 Å². The van der Waals surface area contributed by atoms with E-state index in [9.17, 15) is 0 Å². The van der Waals surface area contributed by atoms with Crippen LogP contribution in [-0.4, -0.2) is 6.61 Å². The van der Waals surface area contributed by atoms with Gasteiger partial charge in [0.15, 0.2) is 0 Å². The zero-order valence-electron chi connectivity index (χ0n) is 9.70. The first-order valence-electron chi connectivity index (χ1n) is 5.70. The van der Waals surface area contributed by atoms with E-state index in [-0.39, 0.29) is 0 Å². The standard InChI is InChI=1S/C13H18N2O/c1-2-3-4-5-8-16-13-7-6-11(10-14)9-12(13)15/h6-7,9H,2-5,8,15H2,1H3. The second-order valence-electron chi connectivity index (χ2n) is 3.77. The maximum Gasteiger partial charge on any atom is 0.142 e. The highest BCUT2D eigenvalue weighted by Gasteiger charge is 2.01. The number of hydrogen-bond donors (Lipinski definition) is 1. The van der Waals surface area contributed by atoms with Crippen molar-refractivity contribution in [2.45, 2.75) is 32.6 Å². The molecular formula is C13H18N2O. The van der Waals surface area contributed by atoms with Crippen LogP contribution in [-0.2, 0) is 0 Å². The van der Waals surface area contributed by atoms with Crippen molar-refractivity contribution in [2.75, 3.05) is 12.3 Å². The molecule has 0 amide bonds. The van der Waals surface area contributed by atoms with E-state index in [0.717, 1.165) is 6.42 Å². The van der Waals surface area contributed by atoms with Gasteiger partial charge in [-0.05, 0) is 24.6 Å². The van der Waals surface area contributed by atoms with Crippen molar-refractivity contribution in [3.05, 3.63) is 23.8 Å². The molecule has 0 saturated heterocycles. The SMILES string of the molecule is CCCCCCOc1ccc(C#N)cc1N. The molecule has 0 heterocycles. The molecule has 0 fully saturated rings. The summed E-state index contributed by atoms with van der Waals surface area (Å²) < 4.78 is 5.55. The minimum atomic E-state index is 0.537. The van der Waals surface area contributed by atoms with E-state index in [1.807, 2.05) is 6.07 Å². The topological polar surface area (TPSA) is 59.0 Å². The van der Waals surface area contributed by atoms with Gasteiger partial charge in [-0.1, -0.05) is 26.2 Å². The number of ether oxygens (including phenoxy) is 1. The molecule has 1 rings (SSSR count). The van der Waals surface area contributed by atoms with Gasteiger partial charge in [0.05, 0.1) is 23.9 Å². The van der Waals surface area contributed by atoms with Gasteiger partial charge in [0, 0.05) is 0 Å². The molecule has 2 N–H and O–H groups in total. The van der Waals surface area contributed by atoms with E-state index in [1.54, 1.807) is 18.2 Å². The third-order valence-corrected chi connectivity index (χ3v) is 2.39. The lowest BCUT2D eigenvalue weighted by molar-refractivity contribution is 0.306. The van der Waals surface area contributed by atoms with Crippen molar-refractivity contribution in [1.29, 1.82) is 5.26 Å². The Labute approximate surface area is 96.8 Å². The number of rotatable bonds is 6. The number of anilines is 1. The minimum Gasteiger partial charge on any atom is -0.491 e. The summed E-state index contributed by atoms with van der Waals surface area (Å²) in [6, 6.07) is 7.16. The number of benzene rings is 1. The summed E-state index contributed by atoms with van der Waals surface area (Å²) in [6.45, 7) is 2.87. The highest BCUT2D eigenvalue weighted by Crippen LogP contribution is 2.22. The fraction of sp³-hybridized carbons (Fsp3) is 0.462. The Bertz CT molecular complexity index is 369. The van der Waals surface area contributed by atoms with Gasteiger partial charge in [-0.25, -0.2) is 0 Å². The summed E-state index contributed by atoms with van der Waals surface area (Å²) in [7, 11) is 0. The van der Waals surface area contributed by atoms with Gasteiger partial charge in [-0.2, -0.15) is 5.26 Å². The van der Waals surface area contributed by atoms with Crippen molar-refractivity contribution in [3.63, 3.8) is 0 Å². The lowest BCUT2D eigenvalue weighted by atomic mass is 10.2. The molecule has 1 aromatic carbocycles. The zero-order chi connectivity index (χ0) is 11.8. The molecule has 0 radical (unpaired) electrons. The van der Waals surface area contributed by atoms with E-state index < -0.39 is 0 Å². The molecule has 0 spiro atoms. The monoisotopic (exact) mass is 218 g/mol. The van der Waals surface area contributed by atoms with Gasteiger partial charge in [0.1, 0.15) is 5.75 Å². The van der Waals surface area contributed by atoms with Crippen molar-refractivity contribution >= 4 is 5.69 Å². The molecule has 0 saturated carbocycles.